The van der Waals surface area contributed by atoms with Gasteiger partial charge in [-0.05, 0) is 60.0 Å². The number of hydrogen-bond donors (Lipinski definition) is 0. The molecule has 0 aliphatic carbocycles. The lowest BCUT2D eigenvalue weighted by molar-refractivity contribution is -0.144. The first kappa shape index (κ1) is 34.9. The molecule has 3 rings (SSSR count). The van der Waals surface area contributed by atoms with Gasteiger partial charge in [0, 0.05) is 29.8 Å². The fraction of sp³-hybridized carbons (Fsp3) is 0.375. The van der Waals surface area contributed by atoms with Crippen LogP contribution in [0.25, 0.3) is 0 Å². The molecule has 0 heterocycles. The zero-order chi connectivity index (χ0) is 32.3. The van der Waals surface area contributed by atoms with Crippen LogP contribution < -0.4 is 14.4 Å². The zero-order valence-electron chi connectivity index (χ0n) is 24.9. The van der Waals surface area contributed by atoms with Gasteiger partial charge in [0.25, 0.3) is 0 Å². The van der Waals surface area contributed by atoms with E-state index in [1.54, 1.807) is 45.4 Å². The van der Waals surface area contributed by atoms with E-state index in [0.717, 1.165) is 22.9 Å². The van der Waals surface area contributed by atoms with Crippen molar-refractivity contribution in [2.45, 2.75) is 44.3 Å². The largest absolute Gasteiger partial charge is 0.497 e. The minimum absolute atomic E-state index is 0.0453. The van der Waals surface area contributed by atoms with E-state index in [0.29, 0.717) is 30.3 Å². The Balaban J connectivity index is 2.13. The SMILES string of the molecule is CCOC(=O)CC(SCCC(=O)OC)c1cc(N(Cc2ccc(OC)cc2)Cc2ccc(OC)cc2)cc(Cl)c1C(F)(F)F. The highest BCUT2D eigenvalue weighted by Crippen LogP contribution is 2.46. The molecule has 3 aromatic rings. The second-order valence-corrected chi connectivity index (χ2v) is 11.4. The predicted molar refractivity (Wildman–Crippen MR) is 165 cm³/mol. The normalized spacial score (nSPS) is 11.9. The molecule has 44 heavy (non-hydrogen) atoms. The summed E-state index contributed by atoms with van der Waals surface area (Å²) in [5.74, 6) is 0.283. The van der Waals surface area contributed by atoms with Gasteiger partial charge < -0.3 is 23.8 Å². The number of halogens is 4. The molecular formula is C32H35ClF3NO6S. The van der Waals surface area contributed by atoms with Gasteiger partial charge in [0.05, 0.1) is 51.4 Å². The van der Waals surface area contributed by atoms with Gasteiger partial charge in [0.1, 0.15) is 11.5 Å². The molecule has 0 spiro atoms. The molecule has 0 aliphatic heterocycles. The third-order valence-corrected chi connectivity index (χ3v) is 8.24. The van der Waals surface area contributed by atoms with Crippen molar-refractivity contribution in [3.63, 3.8) is 0 Å². The van der Waals surface area contributed by atoms with Crippen LogP contribution in [0, 0.1) is 0 Å². The Morgan fingerprint density at radius 3 is 1.89 bits per heavy atom. The van der Waals surface area contributed by atoms with Crippen molar-refractivity contribution in [2.75, 3.05) is 38.6 Å². The molecule has 0 saturated heterocycles. The Kier molecular flexibility index (Phi) is 13.1. The van der Waals surface area contributed by atoms with E-state index < -0.39 is 34.0 Å². The van der Waals surface area contributed by atoms with Crippen LogP contribution in [-0.4, -0.2) is 45.6 Å². The van der Waals surface area contributed by atoms with Gasteiger partial charge in [-0.2, -0.15) is 24.9 Å². The van der Waals surface area contributed by atoms with E-state index in [4.69, 9.17) is 25.8 Å². The van der Waals surface area contributed by atoms with Gasteiger partial charge in [-0.25, -0.2) is 0 Å². The molecule has 0 radical (unpaired) electrons. The molecule has 7 nitrogen and oxygen atoms in total. The lowest BCUT2D eigenvalue weighted by Crippen LogP contribution is -2.23. The molecule has 0 fully saturated rings. The first-order valence-electron chi connectivity index (χ1n) is 13.7. The molecule has 0 amide bonds. The van der Waals surface area contributed by atoms with Crippen molar-refractivity contribution in [2.24, 2.45) is 0 Å². The van der Waals surface area contributed by atoms with Crippen LogP contribution in [-0.2, 0) is 38.3 Å². The number of anilines is 1. The van der Waals surface area contributed by atoms with Gasteiger partial charge in [-0.15, -0.1) is 0 Å². The van der Waals surface area contributed by atoms with E-state index in [1.165, 1.54) is 19.2 Å². The van der Waals surface area contributed by atoms with Crippen LogP contribution in [0.1, 0.15) is 47.3 Å². The summed E-state index contributed by atoms with van der Waals surface area (Å²) in [5, 5.41) is -1.50. The van der Waals surface area contributed by atoms with Crippen molar-refractivity contribution in [3.05, 3.63) is 87.9 Å². The van der Waals surface area contributed by atoms with Crippen molar-refractivity contribution >= 4 is 41.0 Å². The van der Waals surface area contributed by atoms with E-state index in [2.05, 4.69) is 4.74 Å². The highest BCUT2D eigenvalue weighted by molar-refractivity contribution is 7.99. The summed E-state index contributed by atoms with van der Waals surface area (Å²) in [7, 11) is 4.35. The lowest BCUT2D eigenvalue weighted by Gasteiger charge is -2.29. The molecule has 0 aliphatic rings. The van der Waals surface area contributed by atoms with E-state index in [9.17, 15) is 22.8 Å². The van der Waals surface area contributed by atoms with Crippen molar-refractivity contribution in [3.8, 4) is 11.5 Å². The Morgan fingerprint density at radius 2 is 1.43 bits per heavy atom. The Morgan fingerprint density at radius 1 is 0.886 bits per heavy atom. The number of thioether (sulfide) groups is 1. The van der Waals surface area contributed by atoms with Crippen LogP contribution in [0.5, 0.6) is 11.5 Å². The number of carbonyl (C=O) groups excluding carboxylic acids is 2. The summed E-state index contributed by atoms with van der Waals surface area (Å²) < 4.78 is 63.8. The number of methoxy groups -OCH3 is 3. The molecule has 12 heteroatoms. The fourth-order valence-corrected chi connectivity index (χ4v) is 6.02. The molecular weight excluding hydrogens is 619 g/mol. The molecule has 1 unspecified atom stereocenters. The Hall–Kier alpha value is -3.57. The molecule has 238 valence electrons. The second kappa shape index (κ2) is 16.5. The Labute approximate surface area is 264 Å². The minimum Gasteiger partial charge on any atom is -0.497 e. The van der Waals surface area contributed by atoms with Crippen molar-refractivity contribution in [1.82, 2.24) is 0 Å². The molecule has 1 atom stereocenters. The number of rotatable bonds is 15. The van der Waals surface area contributed by atoms with Crippen molar-refractivity contribution < 1.29 is 41.7 Å². The first-order valence-corrected chi connectivity index (χ1v) is 15.2. The summed E-state index contributed by atoms with van der Waals surface area (Å²) >= 11 is 7.46. The number of esters is 2. The number of nitrogens with zero attached hydrogens (tertiary/aromatic N) is 1. The van der Waals surface area contributed by atoms with Crippen LogP contribution in [0.15, 0.2) is 60.7 Å². The average Bonchev–Trinajstić information content (AvgIpc) is 2.99. The molecule has 0 aromatic heterocycles. The summed E-state index contributed by atoms with van der Waals surface area (Å²) in [6.45, 7) is 2.35. The molecule has 0 N–H and O–H groups in total. The maximum absolute atomic E-state index is 14.5. The summed E-state index contributed by atoms with van der Waals surface area (Å²) in [4.78, 5) is 26.2. The smallest absolute Gasteiger partial charge is 0.418 e. The summed E-state index contributed by atoms with van der Waals surface area (Å²) in [6, 6.07) is 17.4. The van der Waals surface area contributed by atoms with Gasteiger partial charge in [0.2, 0.25) is 0 Å². The quantitative estimate of drug-likeness (QED) is 0.153. The molecule has 3 aromatic carbocycles. The van der Waals surface area contributed by atoms with Gasteiger partial charge in [0.15, 0.2) is 0 Å². The maximum Gasteiger partial charge on any atom is 0.418 e. The predicted octanol–water partition coefficient (Wildman–Crippen LogP) is 7.87. The fourth-order valence-electron chi connectivity index (χ4n) is 4.51. The minimum atomic E-state index is -4.81. The third-order valence-electron chi connectivity index (χ3n) is 6.68. The van der Waals surface area contributed by atoms with E-state index >= 15 is 0 Å². The van der Waals surface area contributed by atoms with Crippen LogP contribution >= 0.6 is 23.4 Å². The van der Waals surface area contributed by atoms with E-state index in [1.807, 2.05) is 29.2 Å². The van der Waals surface area contributed by atoms with Gasteiger partial charge in [-0.1, -0.05) is 35.9 Å². The highest BCUT2D eigenvalue weighted by atomic mass is 35.5. The van der Waals surface area contributed by atoms with Gasteiger partial charge >= 0.3 is 18.1 Å². The summed E-state index contributed by atoms with van der Waals surface area (Å²) in [6.07, 6.45) is -5.20. The van der Waals surface area contributed by atoms with Crippen LogP contribution in [0.3, 0.4) is 0 Å². The third kappa shape index (κ3) is 9.99. The molecule has 0 bridgehead atoms. The number of ether oxygens (including phenoxy) is 4. The maximum atomic E-state index is 14.5. The Bertz CT molecular complexity index is 1340. The topological polar surface area (TPSA) is 74.3 Å². The van der Waals surface area contributed by atoms with Gasteiger partial charge in [-0.3, -0.25) is 9.59 Å². The molecule has 0 saturated carbocycles. The van der Waals surface area contributed by atoms with E-state index in [-0.39, 0.29) is 30.8 Å². The monoisotopic (exact) mass is 653 g/mol. The second-order valence-electron chi connectivity index (χ2n) is 9.64. The number of alkyl halides is 3. The van der Waals surface area contributed by atoms with Crippen molar-refractivity contribution in [1.29, 1.82) is 0 Å². The van der Waals surface area contributed by atoms with Crippen LogP contribution in [0.2, 0.25) is 5.02 Å². The van der Waals surface area contributed by atoms with Crippen LogP contribution in [0.4, 0.5) is 18.9 Å². The lowest BCUT2D eigenvalue weighted by atomic mass is 9.99. The summed E-state index contributed by atoms with van der Waals surface area (Å²) in [5.41, 5.74) is 0.987. The first-order chi connectivity index (χ1) is 21.0. The average molecular weight is 654 g/mol. The zero-order valence-corrected chi connectivity index (χ0v) is 26.5. The number of hydrogen-bond acceptors (Lipinski definition) is 8. The number of benzene rings is 3. The highest BCUT2D eigenvalue weighted by Gasteiger charge is 2.39. The number of carbonyl (C=O) groups is 2. The standard InChI is InChI=1S/C32H35ClF3NO6S/c1-5-43-30(39)18-28(44-15-14-29(38)42-4)26-16-23(17-27(33)31(26)32(34,35)36)37(19-21-6-10-24(40-2)11-7-21)20-22-8-12-25(41-3)13-9-22/h6-13,16-17,28H,5,14-15,18-20H2,1-4H3.